The van der Waals surface area contributed by atoms with Crippen molar-refractivity contribution in [2.24, 2.45) is 5.92 Å². The molecule has 27 heavy (non-hydrogen) atoms. The minimum absolute atomic E-state index is 0.00310. The van der Waals surface area contributed by atoms with Gasteiger partial charge in [-0.1, -0.05) is 12.8 Å². The van der Waals surface area contributed by atoms with Gasteiger partial charge in [-0.15, -0.1) is 0 Å². The first-order valence-corrected chi connectivity index (χ1v) is 11.4. The quantitative estimate of drug-likeness (QED) is 0.792. The van der Waals surface area contributed by atoms with Crippen LogP contribution < -0.4 is 0 Å². The molecular weight excluding hydrogens is 362 g/mol. The zero-order chi connectivity index (χ0) is 18.8. The van der Waals surface area contributed by atoms with E-state index in [0.29, 0.717) is 23.3 Å². The summed E-state index contributed by atoms with van der Waals surface area (Å²) in [6, 6.07) is 0. The Morgan fingerprint density at radius 3 is 2.33 bits per heavy atom. The van der Waals surface area contributed by atoms with Crippen molar-refractivity contribution in [2.45, 2.75) is 51.4 Å². The van der Waals surface area contributed by atoms with E-state index in [1.807, 2.05) is 28.5 Å². The third-order valence-electron chi connectivity index (χ3n) is 6.17. The third kappa shape index (κ3) is 4.03. The molecular formula is C20H29N3O3S. The van der Waals surface area contributed by atoms with E-state index in [-0.39, 0.29) is 17.7 Å². The van der Waals surface area contributed by atoms with Gasteiger partial charge in [-0.3, -0.25) is 9.59 Å². The lowest BCUT2D eigenvalue weighted by molar-refractivity contribution is -0.136. The van der Waals surface area contributed by atoms with Gasteiger partial charge in [0, 0.05) is 49.5 Å². The summed E-state index contributed by atoms with van der Waals surface area (Å²) in [5.74, 6) is 4.07. The highest BCUT2D eigenvalue weighted by atomic mass is 32.2. The molecule has 2 aliphatic heterocycles. The first-order valence-electron chi connectivity index (χ1n) is 10.3. The first-order chi connectivity index (χ1) is 13.1. The molecule has 1 aliphatic carbocycles. The molecule has 0 spiro atoms. The second-order valence-electron chi connectivity index (χ2n) is 7.94. The second kappa shape index (κ2) is 8.25. The zero-order valence-corrected chi connectivity index (χ0v) is 16.9. The highest BCUT2D eigenvalue weighted by Crippen LogP contribution is 2.32. The Morgan fingerprint density at radius 2 is 1.67 bits per heavy atom. The van der Waals surface area contributed by atoms with Crippen LogP contribution in [0, 0.1) is 12.8 Å². The lowest BCUT2D eigenvalue weighted by atomic mass is 9.95. The van der Waals surface area contributed by atoms with Crippen LogP contribution in [0.3, 0.4) is 0 Å². The van der Waals surface area contributed by atoms with Crippen molar-refractivity contribution in [3.63, 3.8) is 0 Å². The first kappa shape index (κ1) is 18.8. The van der Waals surface area contributed by atoms with Crippen molar-refractivity contribution in [1.29, 1.82) is 0 Å². The average molecular weight is 392 g/mol. The van der Waals surface area contributed by atoms with Gasteiger partial charge in [-0.2, -0.15) is 11.8 Å². The molecule has 6 nitrogen and oxygen atoms in total. The molecule has 2 amide bonds. The maximum atomic E-state index is 12.7. The molecule has 148 valence electrons. The van der Waals surface area contributed by atoms with Gasteiger partial charge in [0.2, 0.25) is 5.91 Å². The van der Waals surface area contributed by atoms with E-state index in [4.69, 9.17) is 4.42 Å². The van der Waals surface area contributed by atoms with Gasteiger partial charge in [0.05, 0.1) is 0 Å². The van der Waals surface area contributed by atoms with Crippen LogP contribution in [0.25, 0.3) is 0 Å². The van der Waals surface area contributed by atoms with Crippen molar-refractivity contribution in [1.82, 2.24) is 14.8 Å². The number of thioether (sulfide) groups is 1. The average Bonchev–Trinajstić information content (AvgIpc) is 3.38. The molecule has 1 aromatic heterocycles. The van der Waals surface area contributed by atoms with Gasteiger partial charge in [-0.05, 0) is 32.6 Å². The summed E-state index contributed by atoms with van der Waals surface area (Å²) >= 11 is 1.88. The van der Waals surface area contributed by atoms with Crippen molar-refractivity contribution < 1.29 is 14.0 Å². The van der Waals surface area contributed by atoms with Gasteiger partial charge >= 0.3 is 0 Å². The number of likely N-dealkylation sites (tertiary alicyclic amines) is 1. The topological polar surface area (TPSA) is 66.7 Å². The van der Waals surface area contributed by atoms with Crippen LogP contribution >= 0.6 is 11.8 Å². The number of hydrogen-bond donors (Lipinski definition) is 0. The largest absolute Gasteiger partial charge is 0.445 e. The monoisotopic (exact) mass is 391 g/mol. The number of hydrogen-bond acceptors (Lipinski definition) is 5. The third-order valence-corrected chi connectivity index (χ3v) is 7.12. The molecule has 0 unspecified atom stereocenters. The molecule has 0 bridgehead atoms. The molecule has 0 radical (unpaired) electrons. The normalized spacial score (nSPS) is 22.4. The van der Waals surface area contributed by atoms with Crippen LogP contribution in [0.4, 0.5) is 0 Å². The minimum Gasteiger partial charge on any atom is -0.445 e. The van der Waals surface area contributed by atoms with E-state index >= 15 is 0 Å². The van der Waals surface area contributed by atoms with Gasteiger partial charge in [0.25, 0.3) is 5.91 Å². The Hall–Kier alpha value is -1.50. The lowest BCUT2D eigenvalue weighted by Crippen LogP contribution is -2.41. The SMILES string of the molecule is Cc1oc(C2CCN(C(=O)C3CCCC3)CC2)nc1C(=O)N1CCSCC1. The number of aryl methyl sites for hydroxylation is 1. The van der Waals surface area contributed by atoms with Crippen LogP contribution in [-0.4, -0.2) is 64.3 Å². The molecule has 0 N–H and O–H groups in total. The molecule has 1 saturated carbocycles. The lowest BCUT2D eigenvalue weighted by Gasteiger charge is -2.32. The highest BCUT2D eigenvalue weighted by molar-refractivity contribution is 7.99. The highest BCUT2D eigenvalue weighted by Gasteiger charge is 2.33. The summed E-state index contributed by atoms with van der Waals surface area (Å²) in [7, 11) is 0. The predicted molar refractivity (Wildman–Crippen MR) is 105 cm³/mol. The van der Waals surface area contributed by atoms with Crippen LogP contribution in [0.1, 0.15) is 66.6 Å². The number of carbonyl (C=O) groups is 2. The number of nitrogens with zero attached hydrogens (tertiary/aromatic N) is 3. The van der Waals surface area contributed by atoms with Crippen LogP contribution in [0.15, 0.2) is 4.42 Å². The van der Waals surface area contributed by atoms with E-state index in [1.54, 1.807) is 0 Å². The second-order valence-corrected chi connectivity index (χ2v) is 9.17. The van der Waals surface area contributed by atoms with Crippen LogP contribution in [0.5, 0.6) is 0 Å². The van der Waals surface area contributed by atoms with Crippen molar-refractivity contribution in [3.05, 3.63) is 17.3 Å². The van der Waals surface area contributed by atoms with E-state index in [0.717, 1.165) is 63.4 Å². The van der Waals surface area contributed by atoms with Crippen molar-refractivity contribution in [2.75, 3.05) is 37.7 Å². The zero-order valence-electron chi connectivity index (χ0n) is 16.1. The predicted octanol–water partition coefficient (Wildman–Crippen LogP) is 3.07. The Morgan fingerprint density at radius 1 is 1.00 bits per heavy atom. The Bertz CT molecular complexity index is 685. The molecule has 3 fully saturated rings. The van der Waals surface area contributed by atoms with Gasteiger partial charge in [0.15, 0.2) is 11.6 Å². The number of amides is 2. The Balaban J connectivity index is 1.37. The van der Waals surface area contributed by atoms with Crippen LogP contribution in [-0.2, 0) is 4.79 Å². The van der Waals surface area contributed by atoms with E-state index in [9.17, 15) is 9.59 Å². The molecule has 3 heterocycles. The van der Waals surface area contributed by atoms with E-state index < -0.39 is 0 Å². The van der Waals surface area contributed by atoms with Crippen LogP contribution in [0.2, 0.25) is 0 Å². The van der Waals surface area contributed by atoms with Gasteiger partial charge < -0.3 is 14.2 Å². The van der Waals surface area contributed by atoms with Crippen molar-refractivity contribution >= 4 is 23.6 Å². The van der Waals surface area contributed by atoms with E-state index in [2.05, 4.69) is 4.98 Å². The maximum absolute atomic E-state index is 12.7. The number of piperidine rings is 1. The minimum atomic E-state index is -0.00310. The molecule has 3 aliphatic rings. The molecule has 4 rings (SSSR count). The standard InChI is InChI=1S/C20H29N3O3S/c1-14-17(20(25)23-10-12-27-13-11-23)21-18(26-14)15-6-8-22(9-7-15)19(24)16-4-2-3-5-16/h15-16H,2-13H2,1H3. The fourth-order valence-electron chi connectivity index (χ4n) is 4.48. The number of carbonyl (C=O) groups excluding carboxylic acids is 2. The summed E-state index contributed by atoms with van der Waals surface area (Å²) in [6.07, 6.45) is 6.22. The fourth-order valence-corrected chi connectivity index (χ4v) is 5.39. The Labute approximate surface area is 165 Å². The number of aromatic nitrogens is 1. The summed E-state index contributed by atoms with van der Waals surface area (Å²) in [5, 5.41) is 0. The van der Waals surface area contributed by atoms with E-state index in [1.165, 1.54) is 12.8 Å². The summed E-state index contributed by atoms with van der Waals surface area (Å²) in [6.45, 7) is 4.95. The molecule has 2 saturated heterocycles. The Kier molecular flexibility index (Phi) is 5.76. The maximum Gasteiger partial charge on any atom is 0.276 e. The number of oxazole rings is 1. The van der Waals surface area contributed by atoms with Crippen molar-refractivity contribution in [3.8, 4) is 0 Å². The van der Waals surface area contributed by atoms with Gasteiger partial charge in [0.1, 0.15) is 5.76 Å². The molecule has 1 aromatic rings. The summed E-state index contributed by atoms with van der Waals surface area (Å²) in [4.78, 5) is 33.8. The summed E-state index contributed by atoms with van der Waals surface area (Å²) < 4.78 is 5.89. The molecule has 0 atom stereocenters. The smallest absolute Gasteiger partial charge is 0.276 e. The number of rotatable bonds is 3. The van der Waals surface area contributed by atoms with Gasteiger partial charge in [-0.25, -0.2) is 4.98 Å². The summed E-state index contributed by atoms with van der Waals surface area (Å²) in [5.41, 5.74) is 0.473. The fraction of sp³-hybridized carbons (Fsp3) is 0.750. The molecule has 7 heteroatoms. The molecule has 0 aromatic carbocycles.